The third kappa shape index (κ3) is 5.78. The van der Waals surface area contributed by atoms with Gasteiger partial charge in [-0.2, -0.15) is 0 Å². The molecule has 136 valence electrons. The van der Waals surface area contributed by atoms with Crippen LogP contribution >= 0.6 is 11.6 Å². The molecule has 0 bridgehead atoms. The number of carbonyl (C=O) groups excluding carboxylic acids is 3. The van der Waals surface area contributed by atoms with Crippen LogP contribution in [0.1, 0.15) is 28.9 Å². The summed E-state index contributed by atoms with van der Waals surface area (Å²) in [5.41, 5.74) is 6.58. The van der Waals surface area contributed by atoms with Crippen molar-refractivity contribution in [2.75, 3.05) is 11.9 Å². The normalized spacial score (nSPS) is 11.3. The molecule has 0 aliphatic heterocycles. The number of amides is 3. The molecule has 4 N–H and O–H groups in total. The van der Waals surface area contributed by atoms with Crippen LogP contribution in [-0.4, -0.2) is 24.5 Å². The third-order valence-electron chi connectivity index (χ3n) is 3.47. The van der Waals surface area contributed by atoms with E-state index in [-0.39, 0.29) is 11.6 Å². The largest absolute Gasteiger partial charge is 0.452 e. The van der Waals surface area contributed by atoms with Crippen molar-refractivity contribution in [3.8, 4) is 0 Å². The van der Waals surface area contributed by atoms with E-state index in [2.05, 4.69) is 10.6 Å². The number of anilines is 1. The highest BCUT2D eigenvalue weighted by molar-refractivity contribution is 6.30. The van der Waals surface area contributed by atoms with Crippen molar-refractivity contribution in [2.24, 2.45) is 5.73 Å². The predicted molar refractivity (Wildman–Crippen MR) is 97.9 cm³/mol. The second-order valence-electron chi connectivity index (χ2n) is 5.48. The summed E-state index contributed by atoms with van der Waals surface area (Å²) >= 11 is 5.83. The Morgan fingerprint density at radius 3 is 2.27 bits per heavy atom. The molecule has 3 amide bonds. The number of hydrogen-bond acceptors (Lipinski definition) is 4. The van der Waals surface area contributed by atoms with E-state index >= 15 is 0 Å². The summed E-state index contributed by atoms with van der Waals surface area (Å²) in [5, 5.41) is 5.72. The first kappa shape index (κ1) is 19.3. The van der Waals surface area contributed by atoms with Crippen molar-refractivity contribution in [2.45, 2.75) is 13.0 Å². The van der Waals surface area contributed by atoms with Crippen LogP contribution in [0, 0.1) is 0 Å². The fourth-order valence-corrected chi connectivity index (χ4v) is 2.29. The van der Waals surface area contributed by atoms with Gasteiger partial charge >= 0.3 is 12.0 Å². The molecular weight excluding hydrogens is 358 g/mol. The van der Waals surface area contributed by atoms with Crippen molar-refractivity contribution in [3.05, 3.63) is 64.7 Å². The number of benzene rings is 2. The van der Waals surface area contributed by atoms with Gasteiger partial charge in [0.25, 0.3) is 5.91 Å². The average Bonchev–Trinajstić information content (AvgIpc) is 2.60. The molecule has 0 aliphatic rings. The molecule has 1 unspecified atom stereocenters. The molecule has 0 saturated heterocycles. The quantitative estimate of drug-likeness (QED) is 0.674. The summed E-state index contributed by atoms with van der Waals surface area (Å²) in [5.74, 6) is -1.07. The zero-order valence-corrected chi connectivity index (χ0v) is 14.7. The van der Waals surface area contributed by atoms with Crippen molar-refractivity contribution in [3.63, 3.8) is 0 Å². The van der Waals surface area contributed by atoms with Crippen LogP contribution in [-0.2, 0) is 9.53 Å². The molecule has 0 radical (unpaired) electrons. The minimum absolute atomic E-state index is 0.249. The number of carbonyl (C=O) groups is 3. The number of esters is 1. The molecule has 2 aromatic rings. The van der Waals surface area contributed by atoms with E-state index in [0.29, 0.717) is 10.7 Å². The SMILES string of the molecule is CC(NC(=O)COC(=O)c1ccc(NC(N)=O)cc1)c1ccc(Cl)cc1. The molecule has 0 aliphatic carbocycles. The Hall–Kier alpha value is -3.06. The molecule has 7 nitrogen and oxygen atoms in total. The summed E-state index contributed by atoms with van der Waals surface area (Å²) in [4.78, 5) is 34.6. The topological polar surface area (TPSA) is 111 Å². The fraction of sp³-hybridized carbons (Fsp3) is 0.167. The molecule has 1 atom stereocenters. The van der Waals surface area contributed by atoms with Crippen LogP contribution in [0.5, 0.6) is 0 Å². The maximum atomic E-state index is 11.9. The van der Waals surface area contributed by atoms with Crippen LogP contribution in [0.3, 0.4) is 0 Å². The van der Waals surface area contributed by atoms with Crippen molar-refractivity contribution < 1.29 is 19.1 Å². The van der Waals surface area contributed by atoms with Crippen LogP contribution in [0.25, 0.3) is 0 Å². The molecule has 2 rings (SSSR count). The lowest BCUT2D eigenvalue weighted by molar-refractivity contribution is -0.124. The Balaban J connectivity index is 1.83. The van der Waals surface area contributed by atoms with E-state index in [0.717, 1.165) is 5.56 Å². The molecule has 26 heavy (non-hydrogen) atoms. The number of rotatable bonds is 6. The first-order valence-corrected chi connectivity index (χ1v) is 8.11. The maximum absolute atomic E-state index is 11.9. The summed E-state index contributed by atoms with van der Waals surface area (Å²) in [6.45, 7) is 1.41. The third-order valence-corrected chi connectivity index (χ3v) is 3.72. The highest BCUT2D eigenvalue weighted by Crippen LogP contribution is 2.16. The zero-order valence-electron chi connectivity index (χ0n) is 14.0. The van der Waals surface area contributed by atoms with Crippen LogP contribution in [0.2, 0.25) is 5.02 Å². The number of hydrogen-bond donors (Lipinski definition) is 3. The Bertz CT molecular complexity index is 791. The number of nitrogens with two attached hydrogens (primary N) is 1. The predicted octanol–water partition coefficient (Wildman–Crippen LogP) is 2.86. The molecule has 0 fully saturated rings. The van der Waals surface area contributed by atoms with E-state index < -0.39 is 24.5 Å². The number of nitrogens with one attached hydrogen (secondary N) is 2. The lowest BCUT2D eigenvalue weighted by Gasteiger charge is -2.14. The average molecular weight is 376 g/mol. The minimum atomic E-state index is -0.702. The van der Waals surface area contributed by atoms with Crippen LogP contribution in [0.4, 0.5) is 10.5 Å². The number of primary amides is 1. The molecule has 8 heteroatoms. The zero-order chi connectivity index (χ0) is 19.1. The Morgan fingerprint density at radius 2 is 1.69 bits per heavy atom. The van der Waals surface area contributed by atoms with Crippen molar-refractivity contribution >= 4 is 35.2 Å². The summed E-state index contributed by atoms with van der Waals surface area (Å²) in [7, 11) is 0. The first-order valence-electron chi connectivity index (χ1n) is 7.73. The molecule has 0 spiro atoms. The fourth-order valence-electron chi connectivity index (χ4n) is 2.16. The second kappa shape index (κ2) is 8.87. The van der Waals surface area contributed by atoms with Gasteiger partial charge in [0.2, 0.25) is 0 Å². The number of ether oxygens (including phenoxy) is 1. The summed E-state index contributed by atoms with van der Waals surface area (Å²) in [6.07, 6.45) is 0. The van der Waals surface area contributed by atoms with Gasteiger partial charge < -0.3 is 21.1 Å². The smallest absolute Gasteiger partial charge is 0.338 e. The van der Waals surface area contributed by atoms with E-state index in [1.165, 1.54) is 24.3 Å². The number of halogens is 1. The van der Waals surface area contributed by atoms with E-state index in [9.17, 15) is 14.4 Å². The molecule has 2 aromatic carbocycles. The lowest BCUT2D eigenvalue weighted by atomic mass is 10.1. The van der Waals surface area contributed by atoms with E-state index in [1.54, 1.807) is 24.3 Å². The highest BCUT2D eigenvalue weighted by atomic mass is 35.5. The highest BCUT2D eigenvalue weighted by Gasteiger charge is 2.13. The summed E-state index contributed by atoms with van der Waals surface area (Å²) < 4.78 is 4.98. The molecule has 0 saturated carbocycles. The monoisotopic (exact) mass is 375 g/mol. The first-order chi connectivity index (χ1) is 12.3. The molecule has 0 aromatic heterocycles. The Kier molecular flexibility index (Phi) is 6.57. The Labute approximate surface area is 155 Å². The van der Waals surface area contributed by atoms with Gasteiger partial charge in [0.05, 0.1) is 11.6 Å². The van der Waals surface area contributed by atoms with E-state index in [4.69, 9.17) is 22.1 Å². The van der Waals surface area contributed by atoms with Crippen LogP contribution in [0.15, 0.2) is 48.5 Å². The Morgan fingerprint density at radius 1 is 1.08 bits per heavy atom. The van der Waals surface area contributed by atoms with Gasteiger partial charge in [0.15, 0.2) is 6.61 Å². The molecular formula is C18H18ClN3O4. The maximum Gasteiger partial charge on any atom is 0.338 e. The van der Waals surface area contributed by atoms with Gasteiger partial charge in [-0.25, -0.2) is 9.59 Å². The lowest BCUT2D eigenvalue weighted by Crippen LogP contribution is -2.31. The second-order valence-corrected chi connectivity index (χ2v) is 5.92. The van der Waals surface area contributed by atoms with Gasteiger partial charge in [0.1, 0.15) is 0 Å². The standard InChI is InChI=1S/C18H18ClN3O4/c1-11(12-2-6-14(19)7-3-12)21-16(23)10-26-17(24)13-4-8-15(9-5-13)22-18(20)25/h2-9,11H,10H2,1H3,(H,21,23)(H3,20,22,25). The van der Waals surface area contributed by atoms with Crippen molar-refractivity contribution in [1.82, 2.24) is 5.32 Å². The molecule has 0 heterocycles. The van der Waals surface area contributed by atoms with E-state index in [1.807, 2.05) is 6.92 Å². The minimum Gasteiger partial charge on any atom is -0.452 e. The van der Waals surface area contributed by atoms with Crippen molar-refractivity contribution in [1.29, 1.82) is 0 Å². The van der Waals surface area contributed by atoms with Gasteiger partial charge in [-0.15, -0.1) is 0 Å². The van der Waals surface area contributed by atoms with Crippen LogP contribution < -0.4 is 16.4 Å². The van der Waals surface area contributed by atoms with Gasteiger partial charge in [0, 0.05) is 10.7 Å². The van der Waals surface area contributed by atoms with Gasteiger partial charge in [-0.05, 0) is 48.9 Å². The number of urea groups is 1. The summed E-state index contributed by atoms with van der Waals surface area (Å²) in [6, 6.07) is 12.1. The van der Waals surface area contributed by atoms with Gasteiger partial charge in [-0.1, -0.05) is 23.7 Å². The van der Waals surface area contributed by atoms with Gasteiger partial charge in [-0.3, -0.25) is 4.79 Å².